The second-order valence-electron chi connectivity index (χ2n) is 7.96. The van der Waals surface area contributed by atoms with Crippen molar-refractivity contribution in [3.05, 3.63) is 87.4 Å². The Hall–Kier alpha value is -3.35. The van der Waals surface area contributed by atoms with Crippen LogP contribution in [0.25, 0.3) is 0 Å². The average molecular weight is 514 g/mol. The van der Waals surface area contributed by atoms with Crippen LogP contribution in [0.5, 0.6) is 11.5 Å². The molecule has 35 heavy (non-hydrogen) atoms. The molecule has 0 heterocycles. The molecule has 3 rings (SSSR count). The van der Waals surface area contributed by atoms with Crippen molar-refractivity contribution in [2.45, 2.75) is 33.1 Å². The van der Waals surface area contributed by atoms with Crippen molar-refractivity contribution in [2.75, 3.05) is 11.9 Å². The lowest BCUT2D eigenvalue weighted by molar-refractivity contribution is -0.142. The lowest BCUT2D eigenvalue weighted by Crippen LogP contribution is -2.15. The minimum Gasteiger partial charge on any atom is -0.457 e. The number of hydrogen-bond acceptors (Lipinski definition) is 5. The third-order valence-corrected chi connectivity index (χ3v) is 5.70. The third kappa shape index (κ3) is 7.84. The Morgan fingerprint density at radius 1 is 0.886 bits per heavy atom. The van der Waals surface area contributed by atoms with E-state index in [9.17, 15) is 14.4 Å². The number of Topliss-reactive ketones (excluding diaryl/α,β-unsaturated/α-hetero) is 1. The highest BCUT2D eigenvalue weighted by Crippen LogP contribution is 2.29. The Bertz CT molecular complexity index is 1200. The highest BCUT2D eigenvalue weighted by molar-refractivity contribution is 6.36. The summed E-state index contributed by atoms with van der Waals surface area (Å²) in [7, 11) is 0. The number of carbonyl (C=O) groups excluding carboxylic acids is 3. The largest absolute Gasteiger partial charge is 0.457 e. The average Bonchev–Trinajstić information content (AvgIpc) is 2.81. The SMILES string of the molecule is Cc1cccc(C)c1Oc1ccc(NC(=O)CCCC(=O)OCC(=O)c2ccc(Cl)cc2Cl)cc1. The van der Waals surface area contributed by atoms with Crippen LogP contribution in [0.2, 0.25) is 10.0 Å². The molecule has 0 fully saturated rings. The smallest absolute Gasteiger partial charge is 0.306 e. The van der Waals surface area contributed by atoms with Crippen molar-refractivity contribution >= 4 is 46.5 Å². The van der Waals surface area contributed by atoms with Gasteiger partial charge in [0, 0.05) is 29.1 Å². The van der Waals surface area contributed by atoms with E-state index < -0.39 is 18.4 Å². The van der Waals surface area contributed by atoms with Gasteiger partial charge in [0.2, 0.25) is 11.7 Å². The van der Waals surface area contributed by atoms with Crippen molar-refractivity contribution in [1.29, 1.82) is 0 Å². The number of ether oxygens (including phenoxy) is 2. The number of rotatable bonds is 10. The van der Waals surface area contributed by atoms with Gasteiger partial charge in [-0.1, -0.05) is 41.4 Å². The van der Waals surface area contributed by atoms with Gasteiger partial charge in [0.25, 0.3) is 0 Å². The second-order valence-corrected chi connectivity index (χ2v) is 8.80. The molecule has 3 aromatic rings. The molecule has 0 aromatic heterocycles. The molecule has 6 nitrogen and oxygen atoms in total. The van der Waals surface area contributed by atoms with Crippen LogP contribution in [0, 0.1) is 13.8 Å². The van der Waals surface area contributed by atoms with E-state index in [1.807, 2.05) is 32.0 Å². The lowest BCUT2D eigenvalue weighted by atomic mass is 10.1. The fourth-order valence-corrected chi connectivity index (χ4v) is 3.83. The first-order valence-electron chi connectivity index (χ1n) is 11.0. The maximum absolute atomic E-state index is 12.2. The van der Waals surface area contributed by atoms with Gasteiger partial charge in [0.1, 0.15) is 11.5 Å². The molecular weight excluding hydrogens is 489 g/mol. The summed E-state index contributed by atoms with van der Waals surface area (Å²) < 4.78 is 11.0. The maximum Gasteiger partial charge on any atom is 0.306 e. The molecule has 1 amide bonds. The van der Waals surface area contributed by atoms with Gasteiger partial charge in [-0.3, -0.25) is 14.4 Å². The topological polar surface area (TPSA) is 81.7 Å². The van der Waals surface area contributed by atoms with Crippen LogP contribution in [0.3, 0.4) is 0 Å². The lowest BCUT2D eigenvalue weighted by Gasteiger charge is -2.12. The summed E-state index contributed by atoms with van der Waals surface area (Å²) in [5.41, 5.74) is 2.93. The van der Waals surface area contributed by atoms with Gasteiger partial charge in [-0.15, -0.1) is 0 Å². The Balaban J connectivity index is 1.39. The molecule has 3 aromatic carbocycles. The maximum atomic E-state index is 12.2. The number of nitrogens with one attached hydrogen (secondary N) is 1. The van der Waals surface area contributed by atoms with Gasteiger partial charge in [-0.2, -0.15) is 0 Å². The van der Waals surface area contributed by atoms with Crippen LogP contribution in [-0.4, -0.2) is 24.3 Å². The number of para-hydroxylation sites is 1. The number of halogens is 2. The number of aryl methyl sites for hydroxylation is 2. The molecule has 0 atom stereocenters. The molecule has 0 spiro atoms. The van der Waals surface area contributed by atoms with Crippen LogP contribution < -0.4 is 10.1 Å². The minimum absolute atomic E-state index is 0.0115. The fourth-order valence-electron chi connectivity index (χ4n) is 3.31. The van der Waals surface area contributed by atoms with E-state index in [4.69, 9.17) is 32.7 Å². The van der Waals surface area contributed by atoms with Gasteiger partial charge in [-0.25, -0.2) is 0 Å². The molecule has 182 valence electrons. The van der Waals surface area contributed by atoms with Gasteiger partial charge < -0.3 is 14.8 Å². The summed E-state index contributed by atoms with van der Waals surface area (Å²) in [6.07, 6.45) is 0.429. The monoisotopic (exact) mass is 513 g/mol. The predicted molar refractivity (Wildman–Crippen MR) is 137 cm³/mol. The molecule has 0 bridgehead atoms. The second kappa shape index (κ2) is 12.4. The number of amides is 1. The van der Waals surface area contributed by atoms with E-state index in [0.717, 1.165) is 16.9 Å². The molecule has 0 aliphatic carbocycles. The summed E-state index contributed by atoms with van der Waals surface area (Å²) >= 11 is 11.8. The van der Waals surface area contributed by atoms with Crippen LogP contribution in [0.1, 0.15) is 40.7 Å². The zero-order chi connectivity index (χ0) is 25.4. The molecule has 1 N–H and O–H groups in total. The molecule has 8 heteroatoms. The van der Waals surface area contributed by atoms with Gasteiger partial charge in [-0.05, 0) is 73.9 Å². The van der Waals surface area contributed by atoms with E-state index in [-0.39, 0.29) is 35.8 Å². The Morgan fingerprint density at radius 3 is 2.23 bits per heavy atom. The van der Waals surface area contributed by atoms with Crippen LogP contribution in [0.15, 0.2) is 60.7 Å². The first kappa shape index (κ1) is 26.3. The van der Waals surface area contributed by atoms with E-state index in [2.05, 4.69) is 5.32 Å². The highest BCUT2D eigenvalue weighted by Gasteiger charge is 2.14. The number of esters is 1. The summed E-state index contributed by atoms with van der Waals surface area (Å²) in [6.45, 7) is 3.54. The van der Waals surface area contributed by atoms with Crippen molar-refractivity contribution in [2.24, 2.45) is 0 Å². The zero-order valence-electron chi connectivity index (χ0n) is 19.4. The number of benzene rings is 3. The fraction of sp³-hybridized carbons (Fsp3) is 0.222. The Kier molecular flexibility index (Phi) is 9.29. The van der Waals surface area contributed by atoms with Crippen molar-refractivity contribution < 1.29 is 23.9 Å². The van der Waals surface area contributed by atoms with E-state index in [1.54, 1.807) is 24.3 Å². The summed E-state index contributed by atoms with van der Waals surface area (Å²) in [4.78, 5) is 36.3. The van der Waals surface area contributed by atoms with Gasteiger partial charge in [0.05, 0.1) is 5.02 Å². The summed E-state index contributed by atoms with van der Waals surface area (Å²) in [6, 6.07) is 17.5. The van der Waals surface area contributed by atoms with E-state index >= 15 is 0 Å². The summed E-state index contributed by atoms with van der Waals surface area (Å²) in [5, 5.41) is 3.39. The van der Waals surface area contributed by atoms with Gasteiger partial charge in [0.15, 0.2) is 6.61 Å². The minimum atomic E-state index is -0.566. The van der Waals surface area contributed by atoms with Gasteiger partial charge >= 0.3 is 5.97 Å². The Labute approximate surface area is 214 Å². The molecular formula is C27H25Cl2NO5. The van der Waals surface area contributed by atoms with Crippen molar-refractivity contribution in [3.63, 3.8) is 0 Å². The zero-order valence-corrected chi connectivity index (χ0v) is 20.9. The molecule has 0 radical (unpaired) electrons. The van der Waals surface area contributed by atoms with Crippen LogP contribution >= 0.6 is 23.2 Å². The highest BCUT2D eigenvalue weighted by atomic mass is 35.5. The number of hydrogen-bond donors (Lipinski definition) is 1. The van der Waals surface area contributed by atoms with Crippen molar-refractivity contribution in [3.8, 4) is 11.5 Å². The van der Waals surface area contributed by atoms with E-state index in [1.165, 1.54) is 18.2 Å². The predicted octanol–water partition coefficient (Wildman–Crippen LogP) is 6.94. The van der Waals surface area contributed by atoms with Crippen LogP contribution in [0.4, 0.5) is 5.69 Å². The first-order valence-corrected chi connectivity index (χ1v) is 11.8. The number of ketones is 1. The third-order valence-electron chi connectivity index (χ3n) is 5.15. The molecule has 0 aliphatic heterocycles. The number of anilines is 1. The first-order chi connectivity index (χ1) is 16.7. The molecule has 0 unspecified atom stereocenters. The van der Waals surface area contributed by atoms with Crippen molar-refractivity contribution in [1.82, 2.24) is 0 Å². The normalized spacial score (nSPS) is 10.5. The van der Waals surface area contributed by atoms with Crippen LogP contribution in [-0.2, 0) is 14.3 Å². The summed E-state index contributed by atoms with van der Waals surface area (Å²) in [5.74, 6) is 0.254. The molecule has 0 aliphatic rings. The van der Waals surface area contributed by atoms with E-state index in [0.29, 0.717) is 16.5 Å². The molecule has 0 saturated heterocycles. The number of carbonyl (C=O) groups is 3. The Morgan fingerprint density at radius 2 is 1.57 bits per heavy atom. The quantitative estimate of drug-likeness (QED) is 0.234. The standard InChI is InChI=1S/C27H25Cl2NO5/c1-17-5-3-6-18(2)27(17)35-21-12-10-20(11-13-21)30-25(32)7-4-8-26(33)34-16-24(31)22-14-9-19(28)15-23(22)29/h3,5-6,9-15H,4,7-8,16H2,1-2H3,(H,30,32). The molecule has 0 saturated carbocycles.